The molecule has 3 heteroatoms. The van der Waals surface area contributed by atoms with Crippen molar-refractivity contribution in [2.45, 2.75) is 36.8 Å². The van der Waals surface area contributed by atoms with Gasteiger partial charge < -0.3 is 10.5 Å². The second-order valence-corrected chi connectivity index (χ2v) is 5.06. The first-order chi connectivity index (χ1) is 5.18. The average Bonchev–Trinajstić information content (AvgIpc) is 1.77. The number of ether oxygens (including phenoxy) is 1. The number of nitrogens with two attached hydrogens (primary N) is 1. The maximum Gasteiger partial charge on any atom is 0.0608 e. The van der Waals surface area contributed by atoms with Gasteiger partial charge in [0.15, 0.2) is 0 Å². The Balaban J connectivity index is 2.04. The minimum atomic E-state index is 0.332. The zero-order valence-corrected chi connectivity index (χ0v) is 8.06. The molecule has 2 nitrogen and oxygen atoms in total. The van der Waals surface area contributed by atoms with Crippen molar-refractivity contribution in [3.63, 3.8) is 0 Å². The minimum absolute atomic E-state index is 0.332. The molecule has 0 bridgehead atoms. The van der Waals surface area contributed by atoms with E-state index in [9.17, 15) is 0 Å². The summed E-state index contributed by atoms with van der Waals surface area (Å²) in [7, 11) is 0. The lowest BCUT2D eigenvalue weighted by molar-refractivity contribution is 0.0453. The quantitative estimate of drug-likeness (QED) is 0.698. The summed E-state index contributed by atoms with van der Waals surface area (Å²) in [6.45, 7) is 6.18. The van der Waals surface area contributed by atoms with Crippen LogP contribution in [-0.4, -0.2) is 29.8 Å². The molecule has 0 aromatic rings. The van der Waals surface area contributed by atoms with Crippen LogP contribution in [0.4, 0.5) is 0 Å². The number of hydrogen-bond acceptors (Lipinski definition) is 3. The van der Waals surface area contributed by atoms with E-state index in [0.29, 0.717) is 11.3 Å². The molecule has 1 aliphatic rings. The van der Waals surface area contributed by atoms with Crippen LogP contribution in [0.1, 0.15) is 20.3 Å². The Morgan fingerprint density at radius 3 is 2.55 bits per heavy atom. The zero-order chi connectivity index (χ0) is 8.27. The van der Waals surface area contributed by atoms with Crippen LogP contribution in [0.15, 0.2) is 0 Å². The van der Waals surface area contributed by atoms with Gasteiger partial charge in [0.2, 0.25) is 0 Å². The molecule has 1 heterocycles. The van der Waals surface area contributed by atoms with Crippen LogP contribution in [0.25, 0.3) is 0 Å². The van der Waals surface area contributed by atoms with E-state index in [1.807, 2.05) is 11.8 Å². The van der Waals surface area contributed by atoms with Crippen molar-refractivity contribution >= 4 is 11.8 Å². The molecule has 0 aromatic heterocycles. The molecule has 2 atom stereocenters. The van der Waals surface area contributed by atoms with Gasteiger partial charge in [-0.05, 0) is 13.3 Å². The van der Waals surface area contributed by atoms with Crippen LogP contribution in [-0.2, 0) is 4.74 Å². The van der Waals surface area contributed by atoms with Crippen molar-refractivity contribution in [3.05, 3.63) is 0 Å². The van der Waals surface area contributed by atoms with Crippen LogP contribution in [0.3, 0.4) is 0 Å². The van der Waals surface area contributed by atoms with Crippen LogP contribution in [0, 0.1) is 0 Å². The first-order valence-electron chi connectivity index (χ1n) is 4.17. The lowest BCUT2D eigenvalue weighted by atomic mass is 10.2. The summed E-state index contributed by atoms with van der Waals surface area (Å²) in [6, 6.07) is 0.332. The van der Waals surface area contributed by atoms with Gasteiger partial charge in [-0.2, -0.15) is 11.8 Å². The third kappa shape index (κ3) is 3.45. The lowest BCUT2D eigenvalue weighted by Gasteiger charge is -2.28. The zero-order valence-electron chi connectivity index (χ0n) is 7.25. The van der Waals surface area contributed by atoms with Crippen molar-refractivity contribution < 1.29 is 4.74 Å². The van der Waals surface area contributed by atoms with Gasteiger partial charge >= 0.3 is 0 Å². The summed E-state index contributed by atoms with van der Waals surface area (Å²) >= 11 is 2.01. The van der Waals surface area contributed by atoms with E-state index in [0.717, 1.165) is 24.9 Å². The van der Waals surface area contributed by atoms with Gasteiger partial charge in [0.1, 0.15) is 0 Å². The molecule has 66 valence electrons. The van der Waals surface area contributed by atoms with Gasteiger partial charge in [-0.15, -0.1) is 0 Å². The van der Waals surface area contributed by atoms with E-state index >= 15 is 0 Å². The lowest BCUT2D eigenvalue weighted by Crippen LogP contribution is -2.32. The molecule has 1 fully saturated rings. The summed E-state index contributed by atoms with van der Waals surface area (Å²) in [6.07, 6.45) is 1.11. The average molecular weight is 175 g/mol. The first kappa shape index (κ1) is 9.36. The Bertz CT molecular complexity index is 115. The highest BCUT2D eigenvalue weighted by atomic mass is 32.2. The molecule has 0 amide bonds. The molecule has 0 aromatic carbocycles. The number of thioether (sulfide) groups is 1. The highest BCUT2D eigenvalue weighted by molar-refractivity contribution is 8.00. The largest absolute Gasteiger partial charge is 0.379 e. The third-order valence-corrected chi connectivity index (χ3v) is 3.05. The van der Waals surface area contributed by atoms with Crippen molar-refractivity contribution in [3.8, 4) is 0 Å². The molecule has 1 rings (SSSR count). The van der Waals surface area contributed by atoms with E-state index in [-0.39, 0.29) is 0 Å². The Labute approximate surface area is 72.9 Å². The molecular formula is C8H17NOS. The Morgan fingerprint density at radius 2 is 2.18 bits per heavy atom. The van der Waals surface area contributed by atoms with Gasteiger partial charge in [-0.1, -0.05) is 6.92 Å². The molecular weight excluding hydrogens is 158 g/mol. The molecule has 2 N–H and O–H groups in total. The van der Waals surface area contributed by atoms with Crippen LogP contribution in [0.2, 0.25) is 0 Å². The maximum absolute atomic E-state index is 5.68. The number of hydrogen-bond donors (Lipinski definition) is 1. The highest BCUT2D eigenvalue weighted by Crippen LogP contribution is 2.25. The smallest absolute Gasteiger partial charge is 0.0608 e. The molecule has 0 aliphatic carbocycles. The van der Waals surface area contributed by atoms with E-state index in [4.69, 9.17) is 10.5 Å². The second kappa shape index (κ2) is 4.33. The summed E-state index contributed by atoms with van der Waals surface area (Å²) < 4.78 is 5.09. The fraction of sp³-hybridized carbons (Fsp3) is 1.00. The van der Waals surface area contributed by atoms with Gasteiger partial charge in [-0.3, -0.25) is 0 Å². The Kier molecular flexibility index (Phi) is 3.69. The molecule has 11 heavy (non-hydrogen) atoms. The topological polar surface area (TPSA) is 35.2 Å². The van der Waals surface area contributed by atoms with Crippen molar-refractivity contribution in [1.29, 1.82) is 0 Å². The molecule has 2 unspecified atom stereocenters. The van der Waals surface area contributed by atoms with E-state index < -0.39 is 0 Å². The monoisotopic (exact) mass is 175 g/mol. The maximum atomic E-state index is 5.68. The predicted molar refractivity (Wildman–Crippen MR) is 49.9 cm³/mol. The molecule has 0 radical (unpaired) electrons. The third-order valence-electron chi connectivity index (χ3n) is 1.74. The molecule has 1 aliphatic heterocycles. The minimum Gasteiger partial charge on any atom is -0.379 e. The van der Waals surface area contributed by atoms with Crippen LogP contribution in [0.5, 0.6) is 0 Å². The van der Waals surface area contributed by atoms with E-state index in [1.165, 1.54) is 0 Å². The van der Waals surface area contributed by atoms with Gasteiger partial charge in [0.05, 0.1) is 18.5 Å². The van der Waals surface area contributed by atoms with E-state index in [2.05, 4.69) is 13.8 Å². The molecule has 1 saturated heterocycles. The Hall–Kier alpha value is 0.270. The van der Waals surface area contributed by atoms with Crippen molar-refractivity contribution in [1.82, 2.24) is 0 Å². The summed E-state index contributed by atoms with van der Waals surface area (Å²) in [5, 5.41) is 1.42. The van der Waals surface area contributed by atoms with Crippen molar-refractivity contribution in [2.24, 2.45) is 5.73 Å². The second-order valence-electron chi connectivity index (χ2n) is 3.32. The fourth-order valence-electron chi connectivity index (χ4n) is 1.20. The normalized spacial score (nSPS) is 24.3. The van der Waals surface area contributed by atoms with Crippen LogP contribution >= 0.6 is 11.8 Å². The molecule has 0 saturated carbocycles. The Morgan fingerprint density at radius 1 is 1.55 bits per heavy atom. The van der Waals surface area contributed by atoms with E-state index in [1.54, 1.807) is 0 Å². The first-order valence-corrected chi connectivity index (χ1v) is 5.11. The van der Waals surface area contributed by atoms with Gasteiger partial charge in [0, 0.05) is 11.3 Å². The predicted octanol–water partition coefficient (Wildman–Crippen LogP) is 1.24. The fourth-order valence-corrected chi connectivity index (χ4v) is 2.62. The molecule has 0 spiro atoms. The SMILES string of the molecule is CC(N)CC(C)SC1COC1. The van der Waals surface area contributed by atoms with Gasteiger partial charge in [0.25, 0.3) is 0 Å². The summed E-state index contributed by atoms with van der Waals surface area (Å²) in [5.74, 6) is 0. The number of rotatable bonds is 4. The van der Waals surface area contributed by atoms with Crippen LogP contribution < -0.4 is 5.73 Å². The van der Waals surface area contributed by atoms with Crippen molar-refractivity contribution in [2.75, 3.05) is 13.2 Å². The highest BCUT2D eigenvalue weighted by Gasteiger charge is 2.21. The summed E-state index contributed by atoms with van der Waals surface area (Å²) in [5.41, 5.74) is 5.68. The standard InChI is InChI=1S/C8H17NOS/c1-6(9)3-7(2)11-8-4-10-5-8/h6-8H,3-5,9H2,1-2H3. The summed E-state index contributed by atoms with van der Waals surface area (Å²) in [4.78, 5) is 0. The van der Waals surface area contributed by atoms with Gasteiger partial charge in [-0.25, -0.2) is 0 Å².